The van der Waals surface area contributed by atoms with Gasteiger partial charge in [0, 0.05) is 23.0 Å². The van der Waals surface area contributed by atoms with E-state index in [1.54, 1.807) is 74.5 Å². The molecule has 0 radical (unpaired) electrons. The highest BCUT2D eigenvalue weighted by molar-refractivity contribution is 9.10. The third-order valence-electron chi connectivity index (χ3n) is 11.2. The van der Waals surface area contributed by atoms with Crippen LogP contribution in [-0.2, 0) is 19.2 Å². The summed E-state index contributed by atoms with van der Waals surface area (Å²) in [6.45, 7) is 5.20. The number of aromatic hydroxyl groups is 1. The van der Waals surface area contributed by atoms with Crippen LogP contribution in [0.25, 0.3) is 0 Å². The van der Waals surface area contributed by atoms with Gasteiger partial charge in [-0.3, -0.25) is 28.9 Å². The first kappa shape index (κ1) is 31.9. The van der Waals surface area contributed by atoms with Crippen LogP contribution in [0.5, 0.6) is 11.5 Å². The van der Waals surface area contributed by atoms with Gasteiger partial charge in [-0.25, -0.2) is 0 Å². The maximum atomic E-state index is 14.4. The number of benzene rings is 3. The van der Waals surface area contributed by atoms with E-state index in [9.17, 15) is 29.1 Å². The number of carbonyl (C=O) groups is 5. The Bertz CT molecular complexity index is 2000. The molecule has 6 atom stereocenters. The van der Waals surface area contributed by atoms with E-state index in [0.717, 1.165) is 5.57 Å². The number of phenols is 1. The lowest BCUT2D eigenvalue weighted by Crippen LogP contribution is -2.55. The summed E-state index contributed by atoms with van der Waals surface area (Å²) in [5, 5.41) is 10.6. The Kier molecular flexibility index (Phi) is 7.66. The molecule has 244 valence electrons. The highest BCUT2D eigenvalue weighted by Gasteiger charge is 2.64. The van der Waals surface area contributed by atoms with Gasteiger partial charge in [-0.05, 0) is 102 Å². The minimum Gasteiger partial charge on any atom is -0.503 e. The summed E-state index contributed by atoms with van der Waals surface area (Å²) < 4.78 is 5.85. The van der Waals surface area contributed by atoms with Gasteiger partial charge in [0.25, 0.3) is 0 Å². The topological polar surface area (TPSA) is 118 Å². The number of halogens is 1. The van der Waals surface area contributed by atoms with Gasteiger partial charge in [0.2, 0.25) is 11.8 Å². The van der Waals surface area contributed by atoms with Crippen LogP contribution in [0.2, 0.25) is 0 Å². The zero-order valence-electron chi connectivity index (χ0n) is 27.0. The molecular formula is C39H34BrNO7. The van der Waals surface area contributed by atoms with Crippen molar-refractivity contribution < 1.29 is 33.8 Å². The predicted octanol–water partition coefficient (Wildman–Crippen LogP) is 6.74. The molecule has 1 saturated heterocycles. The number of carbonyl (C=O) groups excluding carboxylic acids is 5. The quantitative estimate of drug-likeness (QED) is 0.177. The normalized spacial score (nSPS) is 28.1. The molecule has 2 amide bonds. The van der Waals surface area contributed by atoms with Gasteiger partial charge in [0.15, 0.2) is 28.8 Å². The Morgan fingerprint density at radius 2 is 1.58 bits per heavy atom. The second-order valence-electron chi connectivity index (χ2n) is 13.4. The number of allylic oxidation sites excluding steroid dienone is 4. The van der Waals surface area contributed by atoms with Gasteiger partial charge in [0.05, 0.1) is 34.5 Å². The van der Waals surface area contributed by atoms with Crippen LogP contribution >= 0.6 is 15.9 Å². The van der Waals surface area contributed by atoms with Gasteiger partial charge in [0.1, 0.15) is 0 Å². The number of ether oxygens (including phenoxy) is 1. The second kappa shape index (κ2) is 11.5. The molecule has 2 fully saturated rings. The second-order valence-corrected chi connectivity index (χ2v) is 14.3. The third kappa shape index (κ3) is 4.50. The van der Waals surface area contributed by atoms with Gasteiger partial charge in [-0.2, -0.15) is 0 Å². The SMILES string of the molecule is COc1cc([C@H]2C3=CC[C@@H]4C(=O)N(c5ccc(C(=O)c6ccccc6)cc5)C(=O)[C@@H]4[C@@H]3C[C@H]3C(=O)C(C)=C(C)C(=O)[C@@]23C)cc(Br)c1O. The van der Waals surface area contributed by atoms with Crippen LogP contribution in [0.3, 0.4) is 0 Å². The molecular weight excluding hydrogens is 674 g/mol. The lowest BCUT2D eigenvalue weighted by Gasteiger charge is -2.54. The van der Waals surface area contributed by atoms with Crippen molar-refractivity contribution in [1.29, 1.82) is 0 Å². The summed E-state index contributed by atoms with van der Waals surface area (Å²) in [4.78, 5) is 70.9. The monoisotopic (exact) mass is 707 g/mol. The van der Waals surface area contributed by atoms with E-state index in [1.807, 2.05) is 19.1 Å². The average Bonchev–Trinajstić information content (AvgIpc) is 3.36. The number of ketones is 3. The predicted molar refractivity (Wildman–Crippen MR) is 182 cm³/mol. The Morgan fingerprint density at radius 1 is 0.917 bits per heavy atom. The number of nitrogens with zero attached hydrogens (tertiary/aromatic N) is 1. The highest BCUT2D eigenvalue weighted by atomic mass is 79.9. The molecule has 0 spiro atoms. The molecule has 3 aromatic carbocycles. The van der Waals surface area contributed by atoms with Gasteiger partial charge in [-0.1, -0.05) is 48.9 Å². The Labute approximate surface area is 286 Å². The lowest BCUT2D eigenvalue weighted by atomic mass is 9.46. The molecule has 9 heteroatoms. The van der Waals surface area contributed by atoms with Crippen LogP contribution in [-0.4, -0.2) is 41.4 Å². The van der Waals surface area contributed by atoms with Crippen molar-refractivity contribution in [3.8, 4) is 11.5 Å². The summed E-state index contributed by atoms with van der Waals surface area (Å²) in [6.07, 6.45) is 2.54. The molecule has 8 nitrogen and oxygen atoms in total. The van der Waals surface area contributed by atoms with E-state index in [2.05, 4.69) is 15.9 Å². The number of anilines is 1. The lowest BCUT2D eigenvalue weighted by molar-refractivity contribution is -0.142. The van der Waals surface area contributed by atoms with Crippen molar-refractivity contribution in [3.63, 3.8) is 0 Å². The number of Topliss-reactive ketones (excluding diaryl/α,β-unsaturated/α-hetero) is 2. The average molecular weight is 709 g/mol. The van der Waals surface area contributed by atoms with E-state index in [1.165, 1.54) is 12.0 Å². The first-order chi connectivity index (χ1) is 22.9. The van der Waals surface area contributed by atoms with Crippen LogP contribution in [0.15, 0.2) is 94.0 Å². The first-order valence-electron chi connectivity index (χ1n) is 16.0. The third-order valence-corrected chi connectivity index (χ3v) is 11.8. The van der Waals surface area contributed by atoms with Crippen LogP contribution in [0, 0.1) is 29.1 Å². The molecule has 1 aliphatic heterocycles. The van der Waals surface area contributed by atoms with Crippen LogP contribution in [0.1, 0.15) is 61.0 Å². The van der Waals surface area contributed by atoms with Crippen molar-refractivity contribution in [3.05, 3.63) is 111 Å². The summed E-state index contributed by atoms with van der Waals surface area (Å²) in [7, 11) is 1.44. The number of hydrogen-bond acceptors (Lipinski definition) is 7. The fourth-order valence-electron chi connectivity index (χ4n) is 8.65. The maximum absolute atomic E-state index is 14.4. The van der Waals surface area contributed by atoms with Gasteiger partial charge >= 0.3 is 0 Å². The largest absolute Gasteiger partial charge is 0.503 e. The van der Waals surface area contributed by atoms with E-state index < -0.39 is 35.0 Å². The zero-order chi connectivity index (χ0) is 34.2. The van der Waals surface area contributed by atoms with Crippen LogP contribution < -0.4 is 9.64 Å². The number of fused-ring (bicyclic) bond motifs is 4. The molecule has 0 aromatic heterocycles. The number of methoxy groups -OCH3 is 1. The maximum Gasteiger partial charge on any atom is 0.238 e. The number of amides is 2. The Hall–Kier alpha value is -4.63. The van der Waals surface area contributed by atoms with Gasteiger partial charge in [-0.15, -0.1) is 0 Å². The molecule has 1 heterocycles. The molecule has 7 rings (SSSR count). The zero-order valence-corrected chi connectivity index (χ0v) is 28.5. The van der Waals surface area contributed by atoms with Crippen molar-refractivity contribution in [2.75, 3.05) is 12.0 Å². The van der Waals surface area contributed by atoms with E-state index in [-0.39, 0.29) is 47.1 Å². The van der Waals surface area contributed by atoms with E-state index >= 15 is 0 Å². The summed E-state index contributed by atoms with van der Waals surface area (Å²) >= 11 is 3.43. The number of imide groups is 1. The van der Waals surface area contributed by atoms with Crippen molar-refractivity contribution >= 4 is 50.8 Å². The molecule has 1 N–H and O–H groups in total. The molecule has 3 aliphatic carbocycles. The van der Waals surface area contributed by atoms with Crippen molar-refractivity contribution in [2.45, 2.75) is 39.5 Å². The van der Waals surface area contributed by atoms with E-state index in [0.29, 0.717) is 44.4 Å². The molecule has 4 aliphatic rings. The smallest absolute Gasteiger partial charge is 0.238 e. The minimum absolute atomic E-state index is 0.0883. The fraction of sp³-hybridized carbons (Fsp3) is 0.308. The molecule has 3 aromatic rings. The van der Waals surface area contributed by atoms with Crippen molar-refractivity contribution in [2.24, 2.45) is 29.1 Å². The fourth-order valence-corrected chi connectivity index (χ4v) is 9.11. The summed E-state index contributed by atoms with van der Waals surface area (Å²) in [5.74, 6) is -4.15. The van der Waals surface area contributed by atoms with Gasteiger partial charge < -0.3 is 9.84 Å². The standard InChI is InChI=1S/C39H34BrNO7/c1-19-20(2)36(45)39(3)28(33(19)42)18-27-25(32(39)23-16-29(40)35(44)30(17-23)48-4)14-15-26-31(27)38(47)41(37(26)46)24-12-10-22(11-13-24)34(43)21-8-6-5-7-9-21/h5-14,16-17,26-28,31-32,44H,15,18H2,1-4H3/t26-,27+,28-,31-,32-,39+/m0/s1. The Morgan fingerprint density at radius 3 is 2.25 bits per heavy atom. The van der Waals surface area contributed by atoms with E-state index in [4.69, 9.17) is 4.74 Å². The molecule has 1 saturated carbocycles. The first-order valence-corrected chi connectivity index (χ1v) is 16.8. The van der Waals surface area contributed by atoms with Crippen LogP contribution in [0.4, 0.5) is 5.69 Å². The summed E-state index contributed by atoms with van der Waals surface area (Å²) in [6, 6.07) is 18.8. The molecule has 0 bridgehead atoms. The minimum atomic E-state index is -1.16. The molecule has 48 heavy (non-hydrogen) atoms. The Balaban J connectivity index is 1.30. The molecule has 0 unspecified atom stereocenters. The number of rotatable bonds is 5. The van der Waals surface area contributed by atoms with Crippen molar-refractivity contribution in [1.82, 2.24) is 0 Å². The highest BCUT2D eigenvalue weighted by Crippen LogP contribution is 2.63. The number of hydrogen-bond donors (Lipinski definition) is 1. The number of phenolic OH excluding ortho intramolecular Hbond substituents is 1. The summed E-state index contributed by atoms with van der Waals surface area (Å²) in [5.41, 5.74) is 2.55.